The van der Waals surface area contributed by atoms with Crippen LogP contribution in [0.3, 0.4) is 0 Å². The van der Waals surface area contributed by atoms with Crippen molar-refractivity contribution in [1.29, 1.82) is 0 Å². The van der Waals surface area contributed by atoms with E-state index in [0.717, 1.165) is 5.56 Å². The zero-order chi connectivity index (χ0) is 19.3. The predicted molar refractivity (Wildman–Crippen MR) is 96.7 cm³/mol. The second kappa shape index (κ2) is 8.54. The molecule has 0 aliphatic heterocycles. The molecular weight excluding hydrogens is 358 g/mol. The van der Waals surface area contributed by atoms with Crippen LogP contribution in [0.15, 0.2) is 24.3 Å². The maximum atomic E-state index is 12.4. The molecule has 1 aliphatic carbocycles. The highest BCUT2D eigenvalue weighted by Crippen LogP contribution is 2.49. The molecule has 1 aromatic rings. The summed E-state index contributed by atoms with van der Waals surface area (Å²) in [6, 6.07) is 6.30. The number of hydrogen-bond donors (Lipinski definition) is 1. The van der Waals surface area contributed by atoms with Gasteiger partial charge >= 0.3 is 11.9 Å². The summed E-state index contributed by atoms with van der Waals surface area (Å²) in [6.45, 7) is 3.44. The fourth-order valence-corrected chi connectivity index (χ4v) is 2.96. The number of methoxy groups -OCH3 is 1. The summed E-state index contributed by atoms with van der Waals surface area (Å²) in [5.74, 6) is -1.28. The topological polar surface area (TPSA) is 81.7 Å². The van der Waals surface area contributed by atoms with Crippen LogP contribution in [0.25, 0.3) is 0 Å². The summed E-state index contributed by atoms with van der Waals surface area (Å²) in [4.78, 5) is 36.3. The lowest BCUT2D eigenvalue weighted by Gasteiger charge is -2.19. The van der Waals surface area contributed by atoms with E-state index < -0.39 is 35.9 Å². The zero-order valence-corrected chi connectivity index (χ0v) is 16.0. The van der Waals surface area contributed by atoms with Gasteiger partial charge in [-0.25, -0.2) is 4.79 Å². The van der Waals surface area contributed by atoms with Gasteiger partial charge in [-0.1, -0.05) is 37.6 Å². The van der Waals surface area contributed by atoms with Crippen LogP contribution in [0.4, 0.5) is 0 Å². The van der Waals surface area contributed by atoms with E-state index in [9.17, 15) is 14.4 Å². The molecule has 6 nitrogen and oxygen atoms in total. The third kappa shape index (κ3) is 4.97. The number of esters is 2. The Morgan fingerprint density at radius 3 is 2.31 bits per heavy atom. The summed E-state index contributed by atoms with van der Waals surface area (Å²) in [5.41, 5.74) is 0.143. The van der Waals surface area contributed by atoms with Crippen LogP contribution in [0, 0.1) is 5.92 Å². The van der Waals surface area contributed by atoms with Crippen molar-refractivity contribution in [3.63, 3.8) is 0 Å². The minimum atomic E-state index is -0.752. The molecule has 1 atom stereocenters. The minimum absolute atomic E-state index is 0.196. The standard InChI is InChI=1S/C19H24ClNO5/c1-12(2)10-15(17(23)25-3)21-16(22)11-26-18(24)19(8-9-19)13-4-6-14(20)7-5-13/h4-7,12,15H,8-11H2,1-3H3,(H,21,22)/t15-/m1/s1. The molecule has 1 saturated carbocycles. The van der Waals surface area contributed by atoms with E-state index in [0.29, 0.717) is 24.3 Å². The molecule has 0 aromatic heterocycles. The van der Waals surface area contributed by atoms with Gasteiger partial charge in [0.25, 0.3) is 5.91 Å². The largest absolute Gasteiger partial charge is 0.467 e. The molecule has 1 amide bonds. The van der Waals surface area contributed by atoms with Gasteiger partial charge < -0.3 is 14.8 Å². The van der Waals surface area contributed by atoms with Crippen LogP contribution in [0.2, 0.25) is 5.02 Å². The highest BCUT2D eigenvalue weighted by molar-refractivity contribution is 6.30. The molecule has 0 saturated heterocycles. The first-order chi connectivity index (χ1) is 12.3. The van der Waals surface area contributed by atoms with Gasteiger partial charge in [0.2, 0.25) is 0 Å². The number of rotatable bonds is 8. The number of ether oxygens (including phenoxy) is 2. The summed E-state index contributed by atoms with van der Waals surface area (Å²) in [6.07, 6.45) is 1.79. The lowest BCUT2D eigenvalue weighted by molar-refractivity contribution is -0.152. The Balaban J connectivity index is 1.91. The number of carbonyl (C=O) groups is 3. The van der Waals surface area contributed by atoms with Crippen molar-refractivity contribution in [2.24, 2.45) is 5.92 Å². The molecule has 0 spiro atoms. The van der Waals surface area contributed by atoms with E-state index in [1.165, 1.54) is 7.11 Å². The fraction of sp³-hybridized carbons (Fsp3) is 0.526. The molecule has 0 heterocycles. The molecule has 1 aromatic carbocycles. The van der Waals surface area contributed by atoms with Crippen LogP contribution in [0.5, 0.6) is 0 Å². The Kier molecular flexibility index (Phi) is 6.64. The zero-order valence-electron chi connectivity index (χ0n) is 15.2. The van der Waals surface area contributed by atoms with Crippen LogP contribution in [-0.2, 0) is 29.3 Å². The van der Waals surface area contributed by atoms with Gasteiger partial charge in [0.1, 0.15) is 6.04 Å². The second-order valence-corrected chi connectivity index (χ2v) is 7.37. The molecule has 142 valence electrons. The van der Waals surface area contributed by atoms with Gasteiger partial charge in [-0.2, -0.15) is 0 Å². The summed E-state index contributed by atoms with van der Waals surface area (Å²) in [5, 5.41) is 3.16. The average molecular weight is 382 g/mol. The molecule has 1 fully saturated rings. The first-order valence-electron chi connectivity index (χ1n) is 8.59. The minimum Gasteiger partial charge on any atom is -0.467 e. The smallest absolute Gasteiger partial charge is 0.328 e. The molecule has 26 heavy (non-hydrogen) atoms. The molecular formula is C19H24ClNO5. The van der Waals surface area contributed by atoms with Crippen LogP contribution in [0.1, 0.15) is 38.7 Å². The third-order valence-electron chi connectivity index (χ3n) is 4.40. The Hall–Kier alpha value is -2.08. The van der Waals surface area contributed by atoms with Crippen LogP contribution < -0.4 is 5.32 Å². The number of halogens is 1. The third-order valence-corrected chi connectivity index (χ3v) is 4.65. The van der Waals surface area contributed by atoms with Gasteiger partial charge in [0.15, 0.2) is 6.61 Å². The highest BCUT2D eigenvalue weighted by Gasteiger charge is 2.52. The fourth-order valence-electron chi connectivity index (χ4n) is 2.84. The van der Waals surface area contributed by atoms with E-state index in [4.69, 9.17) is 21.1 Å². The van der Waals surface area contributed by atoms with E-state index in [1.54, 1.807) is 24.3 Å². The lowest BCUT2D eigenvalue weighted by atomic mass is 9.96. The van der Waals surface area contributed by atoms with E-state index in [-0.39, 0.29) is 5.92 Å². The second-order valence-electron chi connectivity index (χ2n) is 6.94. The van der Waals surface area contributed by atoms with Crippen LogP contribution >= 0.6 is 11.6 Å². The maximum absolute atomic E-state index is 12.4. The van der Waals surface area contributed by atoms with Crippen molar-refractivity contribution in [3.05, 3.63) is 34.9 Å². The lowest BCUT2D eigenvalue weighted by Crippen LogP contribution is -2.44. The summed E-state index contributed by atoms with van der Waals surface area (Å²) in [7, 11) is 1.27. The van der Waals surface area contributed by atoms with E-state index in [2.05, 4.69) is 5.32 Å². The van der Waals surface area contributed by atoms with Crippen LogP contribution in [-0.4, -0.2) is 37.6 Å². The SMILES string of the molecule is COC(=O)[C@@H](CC(C)C)NC(=O)COC(=O)C1(c2ccc(Cl)cc2)CC1. The molecule has 7 heteroatoms. The molecule has 0 unspecified atom stereocenters. The summed E-state index contributed by atoms with van der Waals surface area (Å²) >= 11 is 5.88. The number of benzene rings is 1. The monoisotopic (exact) mass is 381 g/mol. The van der Waals surface area contributed by atoms with E-state index in [1.807, 2.05) is 13.8 Å². The van der Waals surface area contributed by atoms with Gasteiger partial charge in [-0.05, 0) is 42.9 Å². The maximum Gasteiger partial charge on any atom is 0.328 e. The number of carbonyl (C=O) groups excluding carboxylic acids is 3. The summed E-state index contributed by atoms with van der Waals surface area (Å²) < 4.78 is 9.90. The molecule has 1 N–H and O–H groups in total. The first-order valence-corrected chi connectivity index (χ1v) is 8.97. The van der Waals surface area contributed by atoms with Gasteiger partial charge in [0, 0.05) is 5.02 Å². The van der Waals surface area contributed by atoms with Crippen molar-refractivity contribution in [3.8, 4) is 0 Å². The Bertz CT molecular complexity index is 667. The predicted octanol–water partition coefficient (Wildman–Crippen LogP) is 2.62. The molecule has 0 bridgehead atoms. The average Bonchev–Trinajstić information content (AvgIpc) is 3.40. The Morgan fingerprint density at radius 2 is 1.81 bits per heavy atom. The number of hydrogen-bond acceptors (Lipinski definition) is 5. The number of amides is 1. The van der Waals surface area contributed by atoms with E-state index >= 15 is 0 Å². The Labute approximate surface area is 158 Å². The van der Waals surface area contributed by atoms with Crippen molar-refractivity contribution < 1.29 is 23.9 Å². The highest BCUT2D eigenvalue weighted by atomic mass is 35.5. The van der Waals surface area contributed by atoms with Crippen molar-refractivity contribution in [1.82, 2.24) is 5.32 Å². The van der Waals surface area contributed by atoms with Crippen molar-refractivity contribution in [2.75, 3.05) is 13.7 Å². The van der Waals surface area contributed by atoms with Crippen molar-refractivity contribution in [2.45, 2.75) is 44.6 Å². The normalized spacial score (nSPS) is 15.9. The number of nitrogens with one attached hydrogen (secondary N) is 1. The van der Waals surface area contributed by atoms with Crippen molar-refractivity contribution >= 4 is 29.4 Å². The Morgan fingerprint density at radius 1 is 1.19 bits per heavy atom. The van der Waals surface area contributed by atoms with Gasteiger partial charge in [-0.15, -0.1) is 0 Å². The van der Waals surface area contributed by atoms with Gasteiger partial charge in [0.05, 0.1) is 12.5 Å². The van der Waals surface area contributed by atoms with Gasteiger partial charge in [-0.3, -0.25) is 9.59 Å². The first kappa shape index (κ1) is 20.2. The molecule has 1 aliphatic rings. The molecule has 2 rings (SSSR count). The molecule has 0 radical (unpaired) electrons. The quantitative estimate of drug-likeness (QED) is 0.700.